The number of rotatable bonds is 2. The van der Waals surface area contributed by atoms with E-state index in [1.54, 1.807) is 0 Å². The molecule has 0 saturated heterocycles. The third kappa shape index (κ3) is 3.44. The van der Waals surface area contributed by atoms with Crippen LogP contribution in [0.1, 0.15) is 23.7 Å². The van der Waals surface area contributed by atoms with E-state index in [1.165, 1.54) is 0 Å². The average Bonchev–Trinajstić information content (AvgIpc) is 2.13. The Bertz CT molecular complexity index is 462. The van der Waals surface area contributed by atoms with Crippen molar-refractivity contribution < 1.29 is 31.1 Å². The molecule has 0 aliphatic rings. The van der Waals surface area contributed by atoms with Crippen LogP contribution in [0, 0.1) is 0 Å². The van der Waals surface area contributed by atoms with E-state index in [1.807, 2.05) is 0 Å². The van der Waals surface area contributed by atoms with Crippen molar-refractivity contribution >= 4 is 5.78 Å². The fourth-order valence-electron chi connectivity index (χ4n) is 1.27. The predicted molar refractivity (Wildman–Crippen MR) is 48.6 cm³/mol. The summed E-state index contributed by atoms with van der Waals surface area (Å²) in [6, 6.07) is -0.0364. The van der Waals surface area contributed by atoms with Crippen LogP contribution in [-0.2, 0) is 23.6 Å². The monoisotopic (exact) mass is 271 g/mol. The van der Waals surface area contributed by atoms with Crippen molar-refractivity contribution in [1.29, 1.82) is 0 Å². The first-order chi connectivity index (χ1) is 8.01. The minimum atomic E-state index is -4.99. The lowest BCUT2D eigenvalue weighted by molar-refractivity contribution is -0.143. The number of nitrogens with zero attached hydrogens (tertiary/aromatic N) is 1. The highest BCUT2D eigenvalue weighted by Crippen LogP contribution is 2.36. The van der Waals surface area contributed by atoms with Crippen LogP contribution in [0.15, 0.2) is 12.3 Å². The van der Waals surface area contributed by atoms with Crippen LogP contribution in [0.3, 0.4) is 0 Å². The van der Waals surface area contributed by atoms with Gasteiger partial charge in [-0.05, 0) is 13.0 Å². The fraction of sp³-hybridized carbons (Fsp3) is 0.400. The number of halogens is 6. The second-order valence-electron chi connectivity index (χ2n) is 3.59. The highest BCUT2D eigenvalue weighted by atomic mass is 19.4. The molecule has 0 amide bonds. The maximum Gasteiger partial charge on any atom is 0.418 e. The van der Waals surface area contributed by atoms with Gasteiger partial charge in [0.15, 0.2) is 0 Å². The Kier molecular flexibility index (Phi) is 3.68. The number of Topliss-reactive ketones (excluding diaryl/α,β-unsaturated/α-hetero) is 1. The van der Waals surface area contributed by atoms with Crippen LogP contribution in [0.2, 0.25) is 0 Å². The summed E-state index contributed by atoms with van der Waals surface area (Å²) >= 11 is 0. The molecule has 0 spiro atoms. The van der Waals surface area contributed by atoms with Gasteiger partial charge in [0.2, 0.25) is 0 Å². The van der Waals surface area contributed by atoms with E-state index in [2.05, 4.69) is 4.98 Å². The van der Waals surface area contributed by atoms with Crippen molar-refractivity contribution in [3.05, 3.63) is 29.1 Å². The van der Waals surface area contributed by atoms with Gasteiger partial charge in [0, 0.05) is 12.6 Å². The maximum absolute atomic E-state index is 12.5. The van der Waals surface area contributed by atoms with E-state index in [4.69, 9.17) is 0 Å². The molecule has 1 rings (SSSR count). The molecule has 2 nitrogen and oxygen atoms in total. The average molecular weight is 271 g/mol. The summed E-state index contributed by atoms with van der Waals surface area (Å²) in [6.45, 7) is 1.03. The number of hydrogen-bond donors (Lipinski definition) is 0. The van der Waals surface area contributed by atoms with Crippen molar-refractivity contribution in [3.63, 3.8) is 0 Å². The van der Waals surface area contributed by atoms with E-state index in [9.17, 15) is 31.1 Å². The molecule has 0 aliphatic heterocycles. The van der Waals surface area contributed by atoms with Crippen LogP contribution >= 0.6 is 0 Å². The Morgan fingerprint density at radius 3 is 2.11 bits per heavy atom. The van der Waals surface area contributed by atoms with Crippen molar-refractivity contribution in [2.75, 3.05) is 0 Å². The normalized spacial score (nSPS) is 12.6. The van der Waals surface area contributed by atoms with Gasteiger partial charge in [-0.2, -0.15) is 26.3 Å². The Labute approximate surface area is 97.6 Å². The summed E-state index contributed by atoms with van der Waals surface area (Å²) in [5, 5.41) is 0. The summed E-state index contributed by atoms with van der Waals surface area (Å²) in [5.41, 5.74) is -3.74. The minimum absolute atomic E-state index is 0.0364. The number of aromatic nitrogens is 1. The third-order valence-electron chi connectivity index (χ3n) is 2.02. The lowest BCUT2D eigenvalue weighted by Gasteiger charge is -2.14. The smallest absolute Gasteiger partial charge is 0.300 e. The van der Waals surface area contributed by atoms with Crippen molar-refractivity contribution in [2.24, 2.45) is 0 Å². The Morgan fingerprint density at radius 1 is 1.17 bits per heavy atom. The fourth-order valence-corrected chi connectivity index (χ4v) is 1.27. The largest absolute Gasteiger partial charge is 0.418 e. The molecule has 1 aromatic heterocycles. The number of carbonyl (C=O) groups excluding carboxylic acids is 1. The predicted octanol–water partition coefficient (Wildman–Crippen LogP) is 3.25. The first-order valence-corrected chi connectivity index (χ1v) is 4.64. The quantitative estimate of drug-likeness (QED) is 0.773. The van der Waals surface area contributed by atoms with E-state index in [0.717, 1.165) is 6.92 Å². The van der Waals surface area contributed by atoms with Gasteiger partial charge in [-0.15, -0.1) is 0 Å². The zero-order valence-electron chi connectivity index (χ0n) is 8.99. The first-order valence-electron chi connectivity index (χ1n) is 4.64. The molecule has 18 heavy (non-hydrogen) atoms. The van der Waals surface area contributed by atoms with Crippen LogP contribution in [0.5, 0.6) is 0 Å². The topological polar surface area (TPSA) is 30.0 Å². The molecule has 0 atom stereocenters. The summed E-state index contributed by atoms with van der Waals surface area (Å²) in [6.07, 6.45) is -10.3. The zero-order chi connectivity index (χ0) is 14.1. The van der Waals surface area contributed by atoms with Gasteiger partial charge in [-0.3, -0.25) is 9.78 Å². The summed E-state index contributed by atoms with van der Waals surface area (Å²) in [7, 11) is 0. The van der Waals surface area contributed by atoms with Gasteiger partial charge in [0.05, 0.1) is 16.8 Å². The molecule has 1 heterocycles. The maximum atomic E-state index is 12.5. The van der Waals surface area contributed by atoms with Crippen molar-refractivity contribution in [3.8, 4) is 0 Å². The summed E-state index contributed by atoms with van der Waals surface area (Å²) in [4.78, 5) is 13.8. The Hall–Kier alpha value is -1.60. The van der Waals surface area contributed by atoms with Crippen LogP contribution in [0.4, 0.5) is 26.3 Å². The summed E-state index contributed by atoms with van der Waals surface area (Å²) in [5.74, 6) is -0.618. The summed E-state index contributed by atoms with van der Waals surface area (Å²) < 4.78 is 74.5. The third-order valence-corrected chi connectivity index (χ3v) is 2.02. The molecule has 100 valence electrons. The van der Waals surface area contributed by atoms with Gasteiger partial charge < -0.3 is 0 Å². The molecule has 0 N–H and O–H groups in total. The number of alkyl halides is 6. The lowest BCUT2D eigenvalue weighted by atomic mass is 10.1. The lowest BCUT2D eigenvalue weighted by Crippen LogP contribution is -2.16. The van der Waals surface area contributed by atoms with E-state index in [0.29, 0.717) is 0 Å². The standard InChI is InChI=1S/C10H7F6NO/c1-5(18)2-8-7(10(14,15)16)3-6(4-17-8)9(11,12)13/h3-4H,2H2,1H3. The highest BCUT2D eigenvalue weighted by molar-refractivity contribution is 5.78. The van der Waals surface area contributed by atoms with Gasteiger partial charge in [-0.1, -0.05) is 0 Å². The number of pyridine rings is 1. The second-order valence-corrected chi connectivity index (χ2v) is 3.59. The van der Waals surface area contributed by atoms with Crippen LogP contribution in [-0.4, -0.2) is 10.8 Å². The molecule has 0 unspecified atom stereocenters. The molecular weight excluding hydrogens is 264 g/mol. The van der Waals surface area contributed by atoms with E-state index in [-0.39, 0.29) is 12.3 Å². The molecule has 0 radical (unpaired) electrons. The minimum Gasteiger partial charge on any atom is -0.300 e. The SMILES string of the molecule is CC(=O)Cc1ncc(C(F)(F)F)cc1C(F)(F)F. The first kappa shape index (κ1) is 14.5. The molecule has 0 aromatic carbocycles. The molecule has 0 fully saturated rings. The van der Waals surface area contributed by atoms with Gasteiger partial charge in [-0.25, -0.2) is 0 Å². The number of ketones is 1. The molecular formula is C10H7F6NO. The number of carbonyl (C=O) groups is 1. The van der Waals surface area contributed by atoms with Crippen LogP contribution in [0.25, 0.3) is 0 Å². The second kappa shape index (κ2) is 4.58. The Morgan fingerprint density at radius 2 is 1.72 bits per heavy atom. The molecule has 8 heteroatoms. The van der Waals surface area contributed by atoms with Crippen LogP contribution < -0.4 is 0 Å². The Balaban J connectivity index is 3.34. The molecule has 0 saturated carbocycles. The molecule has 0 aliphatic carbocycles. The van der Waals surface area contributed by atoms with E-state index < -0.39 is 41.4 Å². The highest BCUT2D eigenvalue weighted by Gasteiger charge is 2.38. The van der Waals surface area contributed by atoms with Gasteiger partial charge in [0.25, 0.3) is 0 Å². The van der Waals surface area contributed by atoms with Gasteiger partial charge in [0.1, 0.15) is 5.78 Å². The zero-order valence-corrected chi connectivity index (χ0v) is 8.99. The van der Waals surface area contributed by atoms with Crippen molar-refractivity contribution in [1.82, 2.24) is 4.98 Å². The number of hydrogen-bond acceptors (Lipinski definition) is 2. The van der Waals surface area contributed by atoms with E-state index >= 15 is 0 Å². The van der Waals surface area contributed by atoms with Crippen molar-refractivity contribution in [2.45, 2.75) is 25.7 Å². The van der Waals surface area contributed by atoms with Gasteiger partial charge >= 0.3 is 12.4 Å². The molecule has 0 bridgehead atoms. The molecule has 1 aromatic rings.